The zero-order valence-corrected chi connectivity index (χ0v) is 12.5. The van der Waals surface area contributed by atoms with E-state index >= 15 is 0 Å². The van der Waals surface area contributed by atoms with Gasteiger partial charge in [-0.2, -0.15) is 0 Å². The third-order valence-corrected chi connectivity index (χ3v) is 9.59. The monoisotopic (exact) mass is 344 g/mol. The standard InChI is InChI=1S/C14H18Br2/c15-13-8-4-3-7-10-5-1-2-6(9(5)12(7)13)11(8)14(10)16/h5-14H,1-4H2. The van der Waals surface area contributed by atoms with Crippen molar-refractivity contribution in [2.45, 2.75) is 35.3 Å². The number of hydrogen-bond acceptors (Lipinski definition) is 0. The van der Waals surface area contributed by atoms with Gasteiger partial charge in [0.15, 0.2) is 0 Å². The molecule has 0 amide bonds. The summed E-state index contributed by atoms with van der Waals surface area (Å²) in [4.78, 5) is 1.76. The van der Waals surface area contributed by atoms with Crippen molar-refractivity contribution in [1.82, 2.24) is 0 Å². The van der Waals surface area contributed by atoms with E-state index in [1.165, 1.54) is 6.42 Å². The predicted octanol–water partition coefficient (Wildman–Crippen LogP) is 4.07. The van der Waals surface area contributed by atoms with Crippen LogP contribution in [0.2, 0.25) is 0 Å². The molecule has 2 heteroatoms. The highest BCUT2D eigenvalue weighted by Crippen LogP contribution is 2.75. The lowest BCUT2D eigenvalue weighted by Gasteiger charge is -2.52. The van der Waals surface area contributed by atoms with E-state index in [0.29, 0.717) is 0 Å². The average Bonchev–Trinajstić information content (AvgIpc) is 2.68. The fourth-order valence-electron chi connectivity index (χ4n) is 7.00. The van der Waals surface area contributed by atoms with Gasteiger partial charge in [0, 0.05) is 9.65 Å². The van der Waals surface area contributed by atoms with Crippen LogP contribution in [0.4, 0.5) is 0 Å². The summed E-state index contributed by atoms with van der Waals surface area (Å²) in [5, 5.41) is 0. The quantitative estimate of drug-likeness (QED) is 0.580. The van der Waals surface area contributed by atoms with Crippen molar-refractivity contribution < 1.29 is 0 Å². The van der Waals surface area contributed by atoms with Crippen LogP contribution in [0.15, 0.2) is 0 Å². The molecule has 0 N–H and O–H groups in total. The molecular formula is C14H18Br2. The van der Waals surface area contributed by atoms with Crippen molar-refractivity contribution in [2.24, 2.45) is 47.3 Å². The Bertz CT molecular complexity index is 351. The summed E-state index contributed by atoms with van der Waals surface area (Å²) in [6, 6.07) is 0. The minimum atomic E-state index is 0.880. The fourth-order valence-corrected chi connectivity index (χ4v) is 9.93. The maximum absolute atomic E-state index is 4.14. The first-order valence-electron chi connectivity index (χ1n) is 7.07. The van der Waals surface area contributed by atoms with Crippen molar-refractivity contribution in [2.75, 3.05) is 0 Å². The molecule has 0 aromatic heterocycles. The highest BCUT2D eigenvalue weighted by Gasteiger charge is 2.71. The molecule has 0 spiro atoms. The Morgan fingerprint density at radius 2 is 1.00 bits per heavy atom. The van der Waals surface area contributed by atoms with Crippen molar-refractivity contribution in [3.05, 3.63) is 0 Å². The van der Waals surface area contributed by atoms with E-state index in [0.717, 1.165) is 57.0 Å². The molecule has 10 atom stereocenters. The molecule has 10 unspecified atom stereocenters. The van der Waals surface area contributed by atoms with Crippen molar-refractivity contribution in [3.8, 4) is 0 Å². The van der Waals surface area contributed by atoms with Gasteiger partial charge in [-0.25, -0.2) is 0 Å². The Labute approximate surface area is 114 Å². The topological polar surface area (TPSA) is 0 Å². The third-order valence-electron chi connectivity index (χ3n) is 7.08. The van der Waals surface area contributed by atoms with Crippen LogP contribution in [0.25, 0.3) is 0 Å². The summed E-state index contributed by atoms with van der Waals surface area (Å²) < 4.78 is 0. The summed E-state index contributed by atoms with van der Waals surface area (Å²) in [6.07, 6.45) is 6.22. The van der Waals surface area contributed by atoms with E-state index in [-0.39, 0.29) is 0 Å². The van der Waals surface area contributed by atoms with Crippen LogP contribution in [-0.2, 0) is 0 Å². The van der Waals surface area contributed by atoms with Crippen LogP contribution in [-0.4, -0.2) is 9.65 Å². The highest BCUT2D eigenvalue weighted by atomic mass is 79.9. The van der Waals surface area contributed by atoms with Crippen LogP contribution in [0.3, 0.4) is 0 Å². The number of hydrogen-bond donors (Lipinski definition) is 0. The first-order valence-corrected chi connectivity index (χ1v) is 8.90. The first kappa shape index (κ1) is 9.83. The third kappa shape index (κ3) is 0.839. The number of fused-ring (bicyclic) bond motifs is 3. The smallest absolute Gasteiger partial charge is 0.0213 e. The Hall–Kier alpha value is 0.960. The lowest BCUT2D eigenvalue weighted by molar-refractivity contribution is 0.0290. The van der Waals surface area contributed by atoms with E-state index in [1.54, 1.807) is 19.3 Å². The van der Waals surface area contributed by atoms with Crippen LogP contribution in [0, 0.1) is 47.3 Å². The Kier molecular flexibility index (Phi) is 1.80. The second-order valence-electron chi connectivity index (χ2n) is 7.01. The van der Waals surface area contributed by atoms with Gasteiger partial charge in [0.05, 0.1) is 0 Å². The summed E-state index contributed by atoms with van der Waals surface area (Å²) in [5.41, 5.74) is 0. The minimum absolute atomic E-state index is 0.880. The molecule has 5 aliphatic carbocycles. The molecule has 5 rings (SSSR count). The average molecular weight is 346 g/mol. The van der Waals surface area contributed by atoms with Gasteiger partial charge in [-0.05, 0) is 73.0 Å². The normalized spacial score (nSPS) is 73.9. The van der Waals surface area contributed by atoms with Gasteiger partial charge < -0.3 is 0 Å². The van der Waals surface area contributed by atoms with Gasteiger partial charge in [0.2, 0.25) is 0 Å². The van der Waals surface area contributed by atoms with E-state index in [1.807, 2.05) is 0 Å². The summed E-state index contributed by atoms with van der Waals surface area (Å²) >= 11 is 8.25. The van der Waals surface area contributed by atoms with E-state index < -0.39 is 0 Å². The van der Waals surface area contributed by atoms with Gasteiger partial charge >= 0.3 is 0 Å². The van der Waals surface area contributed by atoms with Gasteiger partial charge in [-0.3, -0.25) is 0 Å². The molecule has 16 heavy (non-hydrogen) atoms. The molecule has 5 aliphatic rings. The van der Waals surface area contributed by atoms with Crippen molar-refractivity contribution >= 4 is 31.9 Å². The van der Waals surface area contributed by atoms with E-state index in [4.69, 9.17) is 0 Å². The molecule has 0 aromatic carbocycles. The molecule has 88 valence electrons. The highest BCUT2D eigenvalue weighted by molar-refractivity contribution is 9.09. The summed E-state index contributed by atoms with van der Waals surface area (Å²) in [6.45, 7) is 0. The molecule has 0 saturated heterocycles. The van der Waals surface area contributed by atoms with Crippen LogP contribution < -0.4 is 0 Å². The Balaban J connectivity index is 1.77. The van der Waals surface area contributed by atoms with Crippen LogP contribution in [0.5, 0.6) is 0 Å². The van der Waals surface area contributed by atoms with Crippen molar-refractivity contribution in [1.29, 1.82) is 0 Å². The molecule has 0 radical (unpaired) electrons. The molecule has 0 heterocycles. The second-order valence-corrected chi connectivity index (χ2v) is 9.12. The fraction of sp³-hybridized carbons (Fsp3) is 1.00. The van der Waals surface area contributed by atoms with Gasteiger partial charge in [-0.15, -0.1) is 0 Å². The van der Waals surface area contributed by atoms with E-state index in [2.05, 4.69) is 31.9 Å². The zero-order chi connectivity index (χ0) is 10.6. The molecule has 5 saturated carbocycles. The molecular weight excluding hydrogens is 328 g/mol. The SMILES string of the molecule is BrC1C2C3CCC4C1C1CCC2C1C4C3Br. The first-order chi connectivity index (χ1) is 7.79. The number of halogens is 2. The number of rotatable bonds is 0. The van der Waals surface area contributed by atoms with Gasteiger partial charge in [0.25, 0.3) is 0 Å². The van der Waals surface area contributed by atoms with Gasteiger partial charge in [0.1, 0.15) is 0 Å². The second kappa shape index (κ2) is 2.92. The molecule has 5 fully saturated rings. The lowest BCUT2D eigenvalue weighted by Crippen LogP contribution is -2.50. The Morgan fingerprint density at radius 1 is 0.500 bits per heavy atom. The summed E-state index contributed by atoms with van der Waals surface area (Å²) in [7, 11) is 0. The van der Waals surface area contributed by atoms with Crippen LogP contribution in [0.1, 0.15) is 25.7 Å². The predicted molar refractivity (Wildman–Crippen MR) is 71.8 cm³/mol. The van der Waals surface area contributed by atoms with Crippen LogP contribution >= 0.6 is 31.9 Å². The van der Waals surface area contributed by atoms with Crippen molar-refractivity contribution in [3.63, 3.8) is 0 Å². The maximum atomic E-state index is 4.14. The molecule has 0 nitrogen and oxygen atoms in total. The largest absolute Gasteiger partial charge is 0.0884 e. The molecule has 0 aliphatic heterocycles. The Morgan fingerprint density at radius 3 is 1.69 bits per heavy atom. The molecule has 0 aromatic rings. The summed E-state index contributed by atoms with van der Waals surface area (Å²) in [5.74, 6) is 8.61. The van der Waals surface area contributed by atoms with E-state index in [9.17, 15) is 0 Å². The van der Waals surface area contributed by atoms with Gasteiger partial charge in [-0.1, -0.05) is 31.9 Å². The molecule has 7 bridgehead atoms. The lowest BCUT2D eigenvalue weighted by atomic mass is 9.58. The maximum Gasteiger partial charge on any atom is 0.0213 e. The minimum Gasteiger partial charge on any atom is -0.0884 e. The number of alkyl halides is 2. The zero-order valence-electron chi connectivity index (χ0n) is 9.36.